The number of pyridine rings is 2. The lowest BCUT2D eigenvalue weighted by molar-refractivity contribution is 1.28. The molecule has 0 aromatic carbocycles. The maximum Gasteiger partial charge on any atom is 0.161 e. The van der Waals surface area contributed by atoms with E-state index in [2.05, 4.69) is 25.9 Å². The molecular formula is C8H7BrN4. The SMILES string of the molecule is Nc1cc2cc(Br)cnc2nc1N. The highest BCUT2D eigenvalue weighted by Gasteiger charge is 2.01. The molecule has 2 aromatic rings. The van der Waals surface area contributed by atoms with Gasteiger partial charge in [0.15, 0.2) is 5.65 Å². The summed E-state index contributed by atoms with van der Waals surface area (Å²) in [6.45, 7) is 0. The molecule has 0 spiro atoms. The van der Waals surface area contributed by atoms with Gasteiger partial charge in [-0.15, -0.1) is 0 Å². The van der Waals surface area contributed by atoms with Gasteiger partial charge in [-0.1, -0.05) is 0 Å². The fourth-order valence-electron chi connectivity index (χ4n) is 1.07. The van der Waals surface area contributed by atoms with Crippen molar-refractivity contribution < 1.29 is 0 Å². The Morgan fingerprint density at radius 1 is 1.23 bits per heavy atom. The number of nitrogen functional groups attached to an aromatic ring is 2. The van der Waals surface area contributed by atoms with Gasteiger partial charge < -0.3 is 11.5 Å². The fourth-order valence-corrected chi connectivity index (χ4v) is 1.42. The normalized spacial score (nSPS) is 10.5. The van der Waals surface area contributed by atoms with Crippen molar-refractivity contribution in [1.29, 1.82) is 0 Å². The summed E-state index contributed by atoms with van der Waals surface area (Å²) >= 11 is 3.31. The number of hydrogen-bond donors (Lipinski definition) is 2. The molecule has 0 bridgehead atoms. The zero-order valence-electron chi connectivity index (χ0n) is 6.66. The van der Waals surface area contributed by atoms with Gasteiger partial charge in [0, 0.05) is 16.1 Å². The lowest BCUT2D eigenvalue weighted by Gasteiger charge is -2.01. The average molecular weight is 239 g/mol. The first-order chi connectivity index (χ1) is 6.16. The number of fused-ring (bicyclic) bond motifs is 1. The largest absolute Gasteiger partial charge is 0.396 e. The van der Waals surface area contributed by atoms with Crippen LogP contribution >= 0.6 is 15.9 Å². The Balaban J connectivity index is 2.81. The molecule has 0 saturated heterocycles. The minimum absolute atomic E-state index is 0.322. The highest BCUT2D eigenvalue weighted by molar-refractivity contribution is 9.10. The summed E-state index contributed by atoms with van der Waals surface area (Å²) in [5.41, 5.74) is 12.2. The van der Waals surface area contributed by atoms with Crippen molar-refractivity contribution >= 4 is 38.5 Å². The van der Waals surface area contributed by atoms with Crippen molar-refractivity contribution in [2.24, 2.45) is 0 Å². The number of anilines is 2. The molecule has 0 amide bonds. The van der Waals surface area contributed by atoms with Crippen LogP contribution in [0.3, 0.4) is 0 Å². The van der Waals surface area contributed by atoms with Gasteiger partial charge in [-0.3, -0.25) is 0 Å². The molecule has 0 aliphatic heterocycles. The molecule has 0 fully saturated rings. The Kier molecular flexibility index (Phi) is 1.81. The molecule has 0 aliphatic carbocycles. The predicted octanol–water partition coefficient (Wildman–Crippen LogP) is 1.56. The van der Waals surface area contributed by atoms with E-state index in [1.54, 1.807) is 12.3 Å². The van der Waals surface area contributed by atoms with Crippen LogP contribution in [0.1, 0.15) is 0 Å². The van der Waals surface area contributed by atoms with Gasteiger partial charge in [-0.25, -0.2) is 9.97 Å². The Labute approximate surface area is 83.1 Å². The third-order valence-electron chi connectivity index (χ3n) is 1.69. The second-order valence-electron chi connectivity index (χ2n) is 2.66. The van der Waals surface area contributed by atoms with E-state index < -0.39 is 0 Å². The standard InChI is InChI=1S/C8H7BrN4/c9-5-1-4-2-6(10)7(11)13-8(4)12-3-5/h1-3H,10H2,(H2,11,12,13). The fraction of sp³-hybridized carbons (Fsp3) is 0. The van der Waals surface area contributed by atoms with Crippen molar-refractivity contribution in [2.45, 2.75) is 0 Å². The molecule has 2 aromatic heterocycles. The highest BCUT2D eigenvalue weighted by Crippen LogP contribution is 2.21. The monoisotopic (exact) mass is 238 g/mol. The molecule has 0 radical (unpaired) electrons. The molecule has 0 saturated carbocycles. The van der Waals surface area contributed by atoms with E-state index in [4.69, 9.17) is 11.5 Å². The van der Waals surface area contributed by atoms with Crippen LogP contribution in [0.4, 0.5) is 11.5 Å². The molecule has 5 heteroatoms. The van der Waals surface area contributed by atoms with E-state index in [0.717, 1.165) is 9.86 Å². The minimum atomic E-state index is 0.322. The summed E-state index contributed by atoms with van der Waals surface area (Å²) < 4.78 is 0.894. The van der Waals surface area contributed by atoms with E-state index in [1.165, 1.54) is 0 Å². The Morgan fingerprint density at radius 2 is 2.00 bits per heavy atom. The van der Waals surface area contributed by atoms with Crippen LogP contribution in [-0.2, 0) is 0 Å². The van der Waals surface area contributed by atoms with Crippen molar-refractivity contribution in [3.8, 4) is 0 Å². The van der Waals surface area contributed by atoms with E-state index >= 15 is 0 Å². The van der Waals surface area contributed by atoms with Gasteiger partial charge in [0.1, 0.15) is 5.82 Å². The van der Waals surface area contributed by atoms with Crippen LogP contribution in [0.5, 0.6) is 0 Å². The quantitative estimate of drug-likeness (QED) is 0.731. The van der Waals surface area contributed by atoms with Crippen molar-refractivity contribution in [1.82, 2.24) is 9.97 Å². The molecule has 13 heavy (non-hydrogen) atoms. The zero-order chi connectivity index (χ0) is 9.42. The van der Waals surface area contributed by atoms with Crippen molar-refractivity contribution in [2.75, 3.05) is 11.5 Å². The Hall–Kier alpha value is -1.36. The third-order valence-corrected chi connectivity index (χ3v) is 2.13. The molecule has 0 atom stereocenters. The Bertz CT molecular complexity index is 469. The Morgan fingerprint density at radius 3 is 2.77 bits per heavy atom. The first kappa shape index (κ1) is 8.25. The van der Waals surface area contributed by atoms with E-state index in [0.29, 0.717) is 17.2 Å². The van der Waals surface area contributed by atoms with E-state index in [-0.39, 0.29) is 0 Å². The minimum Gasteiger partial charge on any atom is -0.396 e. The van der Waals surface area contributed by atoms with Gasteiger partial charge in [0.05, 0.1) is 5.69 Å². The predicted molar refractivity (Wildman–Crippen MR) is 56.1 cm³/mol. The number of nitrogens with two attached hydrogens (primary N) is 2. The lowest BCUT2D eigenvalue weighted by atomic mass is 10.2. The van der Waals surface area contributed by atoms with E-state index in [9.17, 15) is 0 Å². The number of halogens is 1. The first-order valence-corrected chi connectivity index (χ1v) is 4.43. The topological polar surface area (TPSA) is 77.8 Å². The molecule has 66 valence electrons. The van der Waals surface area contributed by atoms with Crippen molar-refractivity contribution in [3.63, 3.8) is 0 Å². The number of rotatable bonds is 0. The number of nitrogens with zero attached hydrogens (tertiary/aromatic N) is 2. The maximum absolute atomic E-state index is 5.61. The molecule has 0 aliphatic rings. The summed E-state index contributed by atoms with van der Waals surface area (Å²) in [4.78, 5) is 8.13. The second-order valence-corrected chi connectivity index (χ2v) is 3.58. The van der Waals surface area contributed by atoms with E-state index in [1.807, 2.05) is 6.07 Å². The molecule has 4 nitrogen and oxygen atoms in total. The maximum atomic E-state index is 5.61. The molecule has 2 heterocycles. The molecule has 2 rings (SSSR count). The van der Waals surface area contributed by atoms with Crippen LogP contribution < -0.4 is 11.5 Å². The van der Waals surface area contributed by atoms with Gasteiger partial charge >= 0.3 is 0 Å². The summed E-state index contributed by atoms with van der Waals surface area (Å²) in [7, 11) is 0. The van der Waals surface area contributed by atoms with Crippen LogP contribution in [0.2, 0.25) is 0 Å². The highest BCUT2D eigenvalue weighted by atomic mass is 79.9. The summed E-state index contributed by atoms with van der Waals surface area (Å²) in [6.07, 6.45) is 1.67. The molecule has 0 unspecified atom stereocenters. The summed E-state index contributed by atoms with van der Waals surface area (Å²) in [6, 6.07) is 3.65. The number of hydrogen-bond acceptors (Lipinski definition) is 4. The molecular weight excluding hydrogens is 232 g/mol. The second kappa shape index (κ2) is 2.85. The third kappa shape index (κ3) is 1.42. The van der Waals surface area contributed by atoms with Crippen LogP contribution in [-0.4, -0.2) is 9.97 Å². The van der Waals surface area contributed by atoms with Gasteiger partial charge in [-0.05, 0) is 28.1 Å². The zero-order valence-corrected chi connectivity index (χ0v) is 8.25. The average Bonchev–Trinajstić information content (AvgIpc) is 2.08. The van der Waals surface area contributed by atoms with Gasteiger partial charge in [0.25, 0.3) is 0 Å². The summed E-state index contributed by atoms with van der Waals surface area (Å²) in [5, 5.41) is 0.876. The van der Waals surface area contributed by atoms with Gasteiger partial charge in [-0.2, -0.15) is 0 Å². The molecule has 4 N–H and O–H groups in total. The smallest absolute Gasteiger partial charge is 0.161 e. The van der Waals surface area contributed by atoms with Crippen LogP contribution in [0.15, 0.2) is 22.8 Å². The van der Waals surface area contributed by atoms with Crippen LogP contribution in [0.25, 0.3) is 11.0 Å². The van der Waals surface area contributed by atoms with Crippen molar-refractivity contribution in [3.05, 3.63) is 22.8 Å². The number of aromatic nitrogens is 2. The summed E-state index contributed by atoms with van der Waals surface area (Å²) in [5.74, 6) is 0.322. The lowest BCUT2D eigenvalue weighted by Crippen LogP contribution is -1.98. The van der Waals surface area contributed by atoms with Gasteiger partial charge in [0.2, 0.25) is 0 Å². The van der Waals surface area contributed by atoms with Crippen LogP contribution in [0, 0.1) is 0 Å². The first-order valence-electron chi connectivity index (χ1n) is 3.64.